The minimum absolute atomic E-state index is 0.00703. The van der Waals surface area contributed by atoms with Crippen LogP contribution in [0.15, 0.2) is 64.4 Å². The number of benzene rings is 2. The molecule has 9 heteroatoms. The van der Waals surface area contributed by atoms with Crippen LogP contribution in [0.25, 0.3) is 0 Å². The van der Waals surface area contributed by atoms with Crippen LogP contribution in [0.3, 0.4) is 0 Å². The Bertz CT molecular complexity index is 1000. The molecule has 0 saturated carbocycles. The minimum Gasteiger partial charge on any atom is -0.369 e. The van der Waals surface area contributed by atoms with Gasteiger partial charge < -0.3 is 4.90 Å². The molecule has 0 bridgehead atoms. The van der Waals surface area contributed by atoms with E-state index in [1.165, 1.54) is 30.0 Å². The fourth-order valence-electron chi connectivity index (χ4n) is 3.16. The summed E-state index contributed by atoms with van der Waals surface area (Å²) in [7, 11) is -7.21. The van der Waals surface area contributed by atoms with Gasteiger partial charge in [-0.15, -0.1) is 0 Å². The molecule has 0 radical (unpaired) electrons. The molecule has 0 aromatic heterocycles. The summed E-state index contributed by atoms with van der Waals surface area (Å²) in [6, 6.07) is 15.6. The summed E-state index contributed by atoms with van der Waals surface area (Å²) >= 11 is 0. The average molecular weight is 424 g/mol. The molecular weight excluding hydrogens is 398 g/mol. The first-order valence-electron chi connectivity index (χ1n) is 9.08. The van der Waals surface area contributed by atoms with E-state index in [-0.39, 0.29) is 16.3 Å². The molecule has 7 nitrogen and oxygen atoms in total. The van der Waals surface area contributed by atoms with Gasteiger partial charge in [0.15, 0.2) is 9.84 Å². The fraction of sp³-hybridized carbons (Fsp3) is 0.368. The summed E-state index contributed by atoms with van der Waals surface area (Å²) < 4.78 is 50.8. The molecule has 28 heavy (non-hydrogen) atoms. The fourth-order valence-corrected chi connectivity index (χ4v) is 4.97. The van der Waals surface area contributed by atoms with Crippen LogP contribution in [-0.2, 0) is 19.9 Å². The van der Waals surface area contributed by atoms with E-state index >= 15 is 0 Å². The average Bonchev–Trinajstić information content (AvgIpc) is 2.68. The van der Waals surface area contributed by atoms with Gasteiger partial charge in [-0.2, -0.15) is 0 Å². The van der Waals surface area contributed by atoms with E-state index in [0.717, 1.165) is 32.4 Å². The van der Waals surface area contributed by atoms with Crippen LogP contribution in [0.5, 0.6) is 0 Å². The smallest absolute Gasteiger partial charge is 0.240 e. The van der Waals surface area contributed by atoms with E-state index in [1.54, 1.807) is 0 Å². The first-order chi connectivity index (χ1) is 13.3. The number of hydrogen-bond donors (Lipinski definition) is 1. The van der Waals surface area contributed by atoms with Crippen LogP contribution < -0.4 is 9.62 Å². The van der Waals surface area contributed by atoms with Gasteiger partial charge in [-0.25, -0.2) is 21.6 Å². The Morgan fingerprint density at radius 2 is 1.50 bits per heavy atom. The summed E-state index contributed by atoms with van der Waals surface area (Å²) in [5.41, 5.74) is 1.20. The quantitative estimate of drug-likeness (QED) is 0.720. The van der Waals surface area contributed by atoms with E-state index in [1.807, 2.05) is 18.2 Å². The van der Waals surface area contributed by atoms with Crippen LogP contribution in [0, 0.1) is 0 Å². The van der Waals surface area contributed by atoms with Gasteiger partial charge in [0.1, 0.15) is 0 Å². The zero-order valence-electron chi connectivity index (χ0n) is 15.8. The Morgan fingerprint density at radius 3 is 2.14 bits per heavy atom. The van der Waals surface area contributed by atoms with Crippen LogP contribution in [-0.4, -0.2) is 67.3 Å². The van der Waals surface area contributed by atoms with Crippen molar-refractivity contribution in [2.24, 2.45) is 0 Å². The maximum absolute atomic E-state index is 12.5. The van der Waals surface area contributed by atoms with E-state index in [2.05, 4.69) is 26.7 Å². The largest absolute Gasteiger partial charge is 0.369 e. The Balaban J connectivity index is 1.51. The molecule has 0 spiro atoms. The Kier molecular flexibility index (Phi) is 6.39. The zero-order chi connectivity index (χ0) is 20.2. The zero-order valence-corrected chi connectivity index (χ0v) is 17.4. The third-order valence-corrected chi connectivity index (χ3v) is 7.33. The van der Waals surface area contributed by atoms with Crippen molar-refractivity contribution >= 4 is 25.5 Å². The number of sulfonamides is 1. The van der Waals surface area contributed by atoms with Crippen LogP contribution in [0.1, 0.15) is 0 Å². The highest BCUT2D eigenvalue weighted by molar-refractivity contribution is 7.91. The van der Waals surface area contributed by atoms with Crippen LogP contribution in [0.4, 0.5) is 5.69 Å². The number of hydrogen-bond acceptors (Lipinski definition) is 6. The lowest BCUT2D eigenvalue weighted by atomic mass is 10.2. The lowest BCUT2D eigenvalue weighted by Gasteiger charge is -2.36. The number of piperazine rings is 1. The number of nitrogens with zero attached hydrogens (tertiary/aromatic N) is 2. The lowest BCUT2D eigenvalue weighted by molar-refractivity contribution is 0.262. The molecule has 1 fully saturated rings. The minimum atomic E-state index is -3.75. The molecule has 1 N–H and O–H groups in total. The molecule has 152 valence electrons. The van der Waals surface area contributed by atoms with Crippen molar-refractivity contribution in [3.63, 3.8) is 0 Å². The van der Waals surface area contributed by atoms with Gasteiger partial charge in [-0.3, -0.25) is 4.90 Å². The second-order valence-corrected chi connectivity index (χ2v) is 10.6. The van der Waals surface area contributed by atoms with Crippen molar-refractivity contribution < 1.29 is 16.8 Å². The first-order valence-corrected chi connectivity index (χ1v) is 12.5. The van der Waals surface area contributed by atoms with Crippen molar-refractivity contribution in [2.45, 2.75) is 9.79 Å². The third-order valence-electron chi connectivity index (χ3n) is 4.76. The number of sulfone groups is 1. The van der Waals surface area contributed by atoms with E-state index in [0.29, 0.717) is 6.54 Å². The van der Waals surface area contributed by atoms with Crippen LogP contribution >= 0.6 is 0 Å². The van der Waals surface area contributed by atoms with Gasteiger partial charge in [-0.05, 0) is 30.3 Å². The van der Waals surface area contributed by atoms with Gasteiger partial charge in [-0.1, -0.05) is 24.3 Å². The van der Waals surface area contributed by atoms with E-state index < -0.39 is 19.9 Å². The molecule has 0 atom stereocenters. The van der Waals surface area contributed by atoms with Gasteiger partial charge >= 0.3 is 0 Å². The molecular formula is C19H25N3O4S2. The molecule has 1 aliphatic rings. The van der Waals surface area contributed by atoms with E-state index in [9.17, 15) is 16.8 Å². The topological polar surface area (TPSA) is 86.8 Å². The number of nitrogens with one attached hydrogen (secondary N) is 1. The molecule has 1 heterocycles. The highest BCUT2D eigenvalue weighted by Gasteiger charge is 2.19. The normalized spacial score (nSPS) is 16.2. The standard InChI is InChI=1S/C19H25N3O4S2/c1-27(23,24)18-8-5-9-19(16-18)28(25,26)20-10-11-21-12-14-22(15-13-21)17-6-3-2-4-7-17/h2-9,16,20H,10-15H2,1H3. The Hall–Kier alpha value is -1.94. The van der Waals surface area contributed by atoms with Crippen LogP contribution in [0.2, 0.25) is 0 Å². The van der Waals surface area contributed by atoms with Crippen molar-refractivity contribution in [3.05, 3.63) is 54.6 Å². The van der Waals surface area contributed by atoms with Crippen molar-refractivity contribution in [1.82, 2.24) is 9.62 Å². The Morgan fingerprint density at radius 1 is 0.857 bits per heavy atom. The maximum atomic E-state index is 12.5. The Labute approximate surface area is 166 Å². The molecule has 0 amide bonds. The third kappa shape index (κ3) is 5.32. The summed E-state index contributed by atoms with van der Waals surface area (Å²) in [6.45, 7) is 4.39. The van der Waals surface area contributed by atoms with Crippen molar-refractivity contribution in [1.29, 1.82) is 0 Å². The number of rotatable bonds is 7. The summed E-state index contributed by atoms with van der Waals surface area (Å²) in [4.78, 5) is 4.49. The summed E-state index contributed by atoms with van der Waals surface area (Å²) in [6.07, 6.45) is 1.06. The SMILES string of the molecule is CS(=O)(=O)c1cccc(S(=O)(=O)NCCN2CCN(c3ccccc3)CC2)c1. The van der Waals surface area contributed by atoms with Crippen molar-refractivity contribution in [3.8, 4) is 0 Å². The second-order valence-electron chi connectivity index (χ2n) is 6.81. The molecule has 0 unspecified atom stereocenters. The number of anilines is 1. The van der Waals surface area contributed by atoms with Crippen molar-refractivity contribution in [2.75, 3.05) is 50.4 Å². The highest BCUT2D eigenvalue weighted by atomic mass is 32.2. The predicted molar refractivity (Wildman–Crippen MR) is 110 cm³/mol. The second kappa shape index (κ2) is 8.60. The summed E-state index contributed by atoms with van der Waals surface area (Å²) in [5.74, 6) is 0. The molecule has 2 aromatic rings. The molecule has 3 rings (SSSR count). The monoisotopic (exact) mass is 423 g/mol. The predicted octanol–water partition coefficient (Wildman–Crippen LogP) is 1.19. The maximum Gasteiger partial charge on any atom is 0.240 e. The van der Waals surface area contributed by atoms with Gasteiger partial charge in [0.05, 0.1) is 9.79 Å². The van der Waals surface area contributed by atoms with E-state index in [4.69, 9.17) is 0 Å². The number of para-hydroxylation sites is 1. The molecule has 2 aromatic carbocycles. The first kappa shape index (κ1) is 20.8. The van der Waals surface area contributed by atoms with Gasteiger partial charge in [0, 0.05) is 51.2 Å². The van der Waals surface area contributed by atoms with Gasteiger partial charge in [0.2, 0.25) is 10.0 Å². The molecule has 1 aliphatic heterocycles. The highest BCUT2D eigenvalue weighted by Crippen LogP contribution is 2.16. The lowest BCUT2D eigenvalue weighted by Crippen LogP contribution is -2.48. The molecule has 1 saturated heterocycles. The molecule has 0 aliphatic carbocycles. The summed E-state index contributed by atoms with van der Waals surface area (Å²) in [5, 5.41) is 0. The van der Waals surface area contributed by atoms with Gasteiger partial charge in [0.25, 0.3) is 0 Å².